The van der Waals surface area contributed by atoms with E-state index in [1.54, 1.807) is 28.9 Å². The molecule has 5 rings (SSSR count). The molecule has 0 amide bonds. The van der Waals surface area contributed by atoms with Crippen molar-refractivity contribution in [1.29, 1.82) is 0 Å². The van der Waals surface area contributed by atoms with Gasteiger partial charge in [-0.25, -0.2) is 28.6 Å². The Morgan fingerprint density at radius 1 is 1.00 bits per heavy atom. The maximum atomic E-state index is 13.1. The number of H-pyrrole nitrogens is 1. The number of benzene rings is 2. The zero-order valence-corrected chi connectivity index (χ0v) is 16.9. The minimum atomic E-state index is -0.450. The Bertz CT molecular complexity index is 1330. The second kappa shape index (κ2) is 8.06. The van der Waals surface area contributed by atoms with Gasteiger partial charge in [0.05, 0.1) is 24.5 Å². The normalized spacial score (nSPS) is 16.3. The summed E-state index contributed by atoms with van der Waals surface area (Å²) in [6.07, 6.45) is 6.56. The van der Waals surface area contributed by atoms with E-state index < -0.39 is 5.69 Å². The van der Waals surface area contributed by atoms with Crippen LogP contribution >= 0.6 is 0 Å². The first-order valence-electron chi connectivity index (χ1n) is 10.3. The van der Waals surface area contributed by atoms with Crippen LogP contribution in [0.1, 0.15) is 36.6 Å². The van der Waals surface area contributed by atoms with Gasteiger partial charge < -0.3 is 0 Å². The van der Waals surface area contributed by atoms with E-state index in [9.17, 15) is 9.59 Å². The quantitative estimate of drug-likeness (QED) is 0.544. The third-order valence-electron chi connectivity index (χ3n) is 5.57. The molecule has 0 spiro atoms. The van der Waals surface area contributed by atoms with Crippen LogP contribution in [-0.2, 0) is 6.54 Å². The van der Waals surface area contributed by atoms with E-state index in [0.717, 1.165) is 36.1 Å². The molecule has 0 fully saturated rings. The lowest BCUT2D eigenvalue weighted by Gasteiger charge is -2.22. The molecule has 2 aromatic heterocycles. The SMILES string of the molecule is O=c1[nH]n(C2CCCC=C2c2cn(Cc3ccccc3)nn2)c(=O)n1-c1ccccc1. The van der Waals surface area contributed by atoms with Gasteiger partial charge in [-0.1, -0.05) is 59.8 Å². The molecule has 0 aliphatic heterocycles. The Labute approximate surface area is 178 Å². The summed E-state index contributed by atoms with van der Waals surface area (Å²) in [5.74, 6) is 0. The predicted molar refractivity (Wildman–Crippen MR) is 117 cm³/mol. The van der Waals surface area contributed by atoms with Gasteiger partial charge in [-0.3, -0.25) is 0 Å². The van der Waals surface area contributed by atoms with Crippen LogP contribution in [0.2, 0.25) is 0 Å². The number of hydrogen-bond acceptors (Lipinski definition) is 4. The van der Waals surface area contributed by atoms with E-state index in [1.165, 1.54) is 9.25 Å². The summed E-state index contributed by atoms with van der Waals surface area (Å²) < 4.78 is 4.38. The Kier molecular flexibility index (Phi) is 4.95. The lowest BCUT2D eigenvalue weighted by atomic mass is 9.92. The van der Waals surface area contributed by atoms with Gasteiger partial charge in [-0.15, -0.1) is 5.10 Å². The fourth-order valence-electron chi connectivity index (χ4n) is 4.09. The molecular formula is C23H22N6O2. The van der Waals surface area contributed by atoms with Gasteiger partial charge >= 0.3 is 11.4 Å². The molecule has 2 heterocycles. The van der Waals surface area contributed by atoms with Gasteiger partial charge in [-0.05, 0) is 37.0 Å². The largest absolute Gasteiger partial charge is 0.352 e. The molecule has 1 aliphatic rings. The topological polar surface area (TPSA) is 90.5 Å². The van der Waals surface area contributed by atoms with Crippen LogP contribution in [0.3, 0.4) is 0 Å². The van der Waals surface area contributed by atoms with E-state index in [0.29, 0.717) is 12.2 Å². The molecule has 1 N–H and O–H groups in total. The lowest BCUT2D eigenvalue weighted by Crippen LogP contribution is -2.30. The van der Waals surface area contributed by atoms with Gasteiger partial charge in [0.2, 0.25) is 0 Å². The molecule has 31 heavy (non-hydrogen) atoms. The van der Waals surface area contributed by atoms with Crippen LogP contribution in [0, 0.1) is 0 Å². The van der Waals surface area contributed by atoms with Gasteiger partial charge in [0.25, 0.3) is 0 Å². The lowest BCUT2D eigenvalue weighted by molar-refractivity contribution is 0.470. The Morgan fingerprint density at radius 2 is 1.74 bits per heavy atom. The van der Waals surface area contributed by atoms with E-state index in [-0.39, 0.29) is 11.7 Å². The first-order valence-corrected chi connectivity index (χ1v) is 10.3. The van der Waals surface area contributed by atoms with E-state index in [1.807, 2.05) is 42.6 Å². The fraction of sp³-hybridized carbons (Fsp3) is 0.217. The summed E-state index contributed by atoms with van der Waals surface area (Å²) in [5, 5.41) is 11.4. The highest BCUT2D eigenvalue weighted by Gasteiger charge is 2.27. The number of allylic oxidation sites excluding steroid dienone is 2. The molecule has 8 nitrogen and oxygen atoms in total. The molecule has 1 aliphatic carbocycles. The van der Waals surface area contributed by atoms with Gasteiger partial charge in [0, 0.05) is 5.57 Å². The number of aromatic nitrogens is 6. The molecule has 0 radical (unpaired) electrons. The van der Waals surface area contributed by atoms with Crippen LogP contribution in [0.4, 0.5) is 0 Å². The van der Waals surface area contributed by atoms with Crippen molar-refractivity contribution in [3.05, 3.63) is 105 Å². The summed E-state index contributed by atoms with van der Waals surface area (Å²) in [6.45, 7) is 0.618. The number of rotatable bonds is 5. The van der Waals surface area contributed by atoms with Crippen molar-refractivity contribution < 1.29 is 0 Å². The number of aromatic amines is 1. The molecule has 0 saturated carbocycles. The maximum Gasteiger partial charge on any atom is 0.352 e. The number of nitrogens with one attached hydrogen (secondary N) is 1. The zero-order valence-electron chi connectivity index (χ0n) is 16.9. The Balaban J connectivity index is 1.48. The molecule has 8 heteroatoms. The van der Waals surface area contributed by atoms with E-state index in [2.05, 4.69) is 21.5 Å². The van der Waals surface area contributed by atoms with Crippen molar-refractivity contribution in [2.24, 2.45) is 0 Å². The Morgan fingerprint density at radius 3 is 2.52 bits per heavy atom. The molecule has 0 bridgehead atoms. The first-order chi connectivity index (χ1) is 15.2. The predicted octanol–water partition coefficient (Wildman–Crippen LogP) is 2.78. The minimum absolute atomic E-state index is 0.291. The van der Waals surface area contributed by atoms with Crippen molar-refractivity contribution in [1.82, 2.24) is 29.3 Å². The number of hydrogen-bond donors (Lipinski definition) is 1. The summed E-state index contributed by atoms with van der Waals surface area (Å²) >= 11 is 0. The molecule has 156 valence electrons. The monoisotopic (exact) mass is 414 g/mol. The van der Waals surface area contributed by atoms with E-state index >= 15 is 0 Å². The van der Waals surface area contributed by atoms with Gasteiger partial charge in [0.1, 0.15) is 5.69 Å². The second-order valence-electron chi connectivity index (χ2n) is 7.63. The molecule has 4 aromatic rings. The van der Waals surface area contributed by atoms with Crippen molar-refractivity contribution in [2.45, 2.75) is 31.8 Å². The van der Waals surface area contributed by atoms with Gasteiger partial charge in [-0.2, -0.15) is 0 Å². The number of para-hydroxylation sites is 1. The van der Waals surface area contributed by atoms with Crippen LogP contribution in [0.15, 0.2) is 82.5 Å². The molecule has 2 aromatic carbocycles. The molecule has 0 saturated heterocycles. The van der Waals surface area contributed by atoms with Crippen LogP contribution < -0.4 is 11.4 Å². The van der Waals surface area contributed by atoms with E-state index in [4.69, 9.17) is 0 Å². The van der Waals surface area contributed by atoms with Crippen LogP contribution in [0.5, 0.6) is 0 Å². The molecular weight excluding hydrogens is 392 g/mol. The third kappa shape index (κ3) is 3.68. The van der Waals surface area contributed by atoms with Crippen molar-refractivity contribution in [2.75, 3.05) is 0 Å². The number of nitrogens with zero attached hydrogens (tertiary/aromatic N) is 5. The zero-order chi connectivity index (χ0) is 21.2. The van der Waals surface area contributed by atoms with Crippen molar-refractivity contribution >= 4 is 5.57 Å². The average Bonchev–Trinajstić information content (AvgIpc) is 3.39. The minimum Gasteiger partial charge on any atom is -0.247 e. The second-order valence-corrected chi connectivity index (χ2v) is 7.63. The standard InChI is InChI=1S/C23H22N6O2/c30-22-25-29(23(31)28(22)18-11-5-2-6-12-18)21-14-8-7-13-19(21)20-16-27(26-24-20)15-17-9-3-1-4-10-17/h1-6,9-13,16,21H,7-8,14-15H2,(H,25,30). The van der Waals surface area contributed by atoms with Crippen molar-refractivity contribution in [3.8, 4) is 5.69 Å². The van der Waals surface area contributed by atoms with Gasteiger partial charge in [0.15, 0.2) is 0 Å². The van der Waals surface area contributed by atoms with Crippen molar-refractivity contribution in [3.63, 3.8) is 0 Å². The molecule has 1 unspecified atom stereocenters. The highest BCUT2D eigenvalue weighted by molar-refractivity contribution is 5.65. The smallest absolute Gasteiger partial charge is 0.247 e. The Hall–Kier alpha value is -3.94. The van der Waals surface area contributed by atoms with Crippen LogP contribution in [0.25, 0.3) is 11.3 Å². The summed E-state index contributed by atoms with van der Waals surface area (Å²) in [6, 6.07) is 18.7. The maximum absolute atomic E-state index is 13.1. The highest BCUT2D eigenvalue weighted by Crippen LogP contribution is 2.34. The fourth-order valence-corrected chi connectivity index (χ4v) is 4.09. The first kappa shape index (κ1) is 19.0. The third-order valence-corrected chi connectivity index (χ3v) is 5.57. The summed E-state index contributed by atoms with van der Waals surface area (Å²) in [4.78, 5) is 25.7. The average molecular weight is 414 g/mol. The summed E-state index contributed by atoms with van der Waals surface area (Å²) in [7, 11) is 0. The van der Waals surface area contributed by atoms with Crippen LogP contribution in [-0.4, -0.2) is 29.3 Å². The summed E-state index contributed by atoms with van der Waals surface area (Å²) in [5.41, 5.74) is 2.48. The highest BCUT2D eigenvalue weighted by atomic mass is 16.2. The molecule has 1 atom stereocenters.